The van der Waals surface area contributed by atoms with Gasteiger partial charge in [-0.2, -0.15) is 0 Å². The van der Waals surface area contributed by atoms with Crippen LogP contribution in [0.4, 0.5) is 0 Å². The minimum Gasteiger partial charge on any atom is -0.356 e. The van der Waals surface area contributed by atoms with Crippen LogP contribution in [0.15, 0.2) is 5.16 Å². The summed E-state index contributed by atoms with van der Waals surface area (Å²) in [7, 11) is 0. The number of amides is 2. The Morgan fingerprint density at radius 1 is 1.36 bits per heavy atom. The third-order valence-corrected chi connectivity index (χ3v) is 6.56. The summed E-state index contributed by atoms with van der Waals surface area (Å²) in [6.45, 7) is 4.21. The first-order chi connectivity index (χ1) is 12.1. The van der Waals surface area contributed by atoms with Crippen LogP contribution >= 0.6 is 11.8 Å². The third kappa shape index (κ3) is 3.83. The molecule has 1 aromatic heterocycles. The Morgan fingerprint density at radius 3 is 2.92 bits per heavy atom. The number of H-pyrrole nitrogens is 1. The van der Waals surface area contributed by atoms with Gasteiger partial charge in [-0.1, -0.05) is 11.8 Å². The molecule has 136 valence electrons. The number of nitrogens with zero attached hydrogens (tertiary/aromatic N) is 3. The van der Waals surface area contributed by atoms with E-state index in [2.05, 4.69) is 20.5 Å². The summed E-state index contributed by atoms with van der Waals surface area (Å²) in [6, 6.07) is 0. The number of aromatic amines is 1. The summed E-state index contributed by atoms with van der Waals surface area (Å²) >= 11 is 1.36. The smallest absolute Gasteiger partial charge is 0.233 e. The van der Waals surface area contributed by atoms with E-state index in [1.54, 1.807) is 0 Å². The van der Waals surface area contributed by atoms with Gasteiger partial charge in [-0.15, -0.1) is 5.10 Å². The quantitative estimate of drug-likeness (QED) is 0.742. The van der Waals surface area contributed by atoms with Crippen LogP contribution in [0.3, 0.4) is 0 Å². The van der Waals surface area contributed by atoms with Crippen LogP contribution in [0, 0.1) is 30.6 Å². The minimum atomic E-state index is 0.0997. The van der Waals surface area contributed by atoms with Crippen LogP contribution in [0.5, 0.6) is 0 Å². The van der Waals surface area contributed by atoms with Gasteiger partial charge in [0.2, 0.25) is 17.0 Å². The van der Waals surface area contributed by atoms with Crippen molar-refractivity contribution in [1.29, 1.82) is 0 Å². The summed E-state index contributed by atoms with van der Waals surface area (Å²) in [4.78, 5) is 31.0. The number of aryl methyl sites for hydroxylation is 1. The topological polar surface area (TPSA) is 91.0 Å². The maximum absolute atomic E-state index is 12.5. The number of rotatable bonds is 6. The van der Waals surface area contributed by atoms with E-state index < -0.39 is 0 Å². The van der Waals surface area contributed by atoms with Crippen LogP contribution in [-0.2, 0) is 9.59 Å². The van der Waals surface area contributed by atoms with Crippen molar-refractivity contribution in [2.24, 2.45) is 23.7 Å². The highest BCUT2D eigenvalue weighted by Crippen LogP contribution is 2.45. The third-order valence-electron chi connectivity index (χ3n) is 5.73. The number of hydrogen-bond donors (Lipinski definition) is 2. The molecule has 1 saturated heterocycles. The van der Waals surface area contributed by atoms with Crippen molar-refractivity contribution >= 4 is 23.6 Å². The van der Waals surface area contributed by atoms with E-state index in [1.165, 1.54) is 24.6 Å². The van der Waals surface area contributed by atoms with Gasteiger partial charge >= 0.3 is 0 Å². The molecule has 7 nitrogen and oxygen atoms in total. The summed E-state index contributed by atoms with van der Waals surface area (Å²) < 4.78 is 0. The molecule has 2 saturated carbocycles. The molecule has 1 aromatic rings. The van der Waals surface area contributed by atoms with E-state index in [0.29, 0.717) is 28.7 Å². The summed E-state index contributed by atoms with van der Waals surface area (Å²) in [5.41, 5.74) is 0. The zero-order valence-corrected chi connectivity index (χ0v) is 15.3. The first-order valence-electron chi connectivity index (χ1n) is 9.17. The lowest BCUT2D eigenvalue weighted by molar-refractivity contribution is -0.143. The number of thioether (sulfide) groups is 1. The maximum atomic E-state index is 12.5. The van der Waals surface area contributed by atoms with E-state index in [0.717, 1.165) is 38.3 Å². The molecular formula is C17H25N5O2S. The molecule has 2 aliphatic carbocycles. The van der Waals surface area contributed by atoms with Gasteiger partial charge in [0.15, 0.2) is 0 Å². The monoisotopic (exact) mass is 363 g/mol. The van der Waals surface area contributed by atoms with Gasteiger partial charge in [0.1, 0.15) is 5.82 Å². The molecule has 0 spiro atoms. The van der Waals surface area contributed by atoms with Gasteiger partial charge in [0.05, 0.1) is 5.75 Å². The Labute approximate surface area is 151 Å². The lowest BCUT2D eigenvalue weighted by Crippen LogP contribution is -2.56. The fourth-order valence-electron chi connectivity index (χ4n) is 3.91. The molecule has 0 aromatic carbocycles. The van der Waals surface area contributed by atoms with E-state index >= 15 is 0 Å². The summed E-state index contributed by atoms with van der Waals surface area (Å²) in [5.74, 6) is 3.20. The molecule has 0 unspecified atom stereocenters. The van der Waals surface area contributed by atoms with Gasteiger partial charge in [0, 0.05) is 25.6 Å². The average Bonchev–Trinajstić information content (AvgIpc) is 3.32. The molecule has 4 rings (SSSR count). The van der Waals surface area contributed by atoms with Gasteiger partial charge in [0.25, 0.3) is 0 Å². The van der Waals surface area contributed by atoms with Crippen molar-refractivity contribution in [3.05, 3.63) is 5.82 Å². The number of carbonyl (C=O) groups excluding carboxylic acids is 2. The molecule has 3 aliphatic rings. The number of nitrogens with one attached hydrogen (secondary N) is 2. The number of piperidine rings is 1. The zero-order chi connectivity index (χ0) is 17.4. The highest BCUT2D eigenvalue weighted by Gasteiger charge is 2.48. The van der Waals surface area contributed by atoms with Crippen LogP contribution in [0.1, 0.15) is 31.5 Å². The minimum absolute atomic E-state index is 0.0997. The largest absolute Gasteiger partial charge is 0.356 e. The Balaban J connectivity index is 1.26. The number of carbonyl (C=O) groups is 2. The molecule has 2 amide bonds. The SMILES string of the molecule is Cc1nc(SCC(=O)N2CC[C@@H]3C[C@@H](C(=O)NCC4CC4)[C@@H]3C2)n[nH]1. The first-order valence-corrected chi connectivity index (χ1v) is 10.2. The molecule has 25 heavy (non-hydrogen) atoms. The number of aromatic nitrogens is 3. The molecule has 1 aliphatic heterocycles. The van der Waals surface area contributed by atoms with Crippen molar-refractivity contribution in [2.45, 2.75) is 37.8 Å². The fourth-order valence-corrected chi connectivity index (χ4v) is 4.66. The highest BCUT2D eigenvalue weighted by atomic mass is 32.2. The molecule has 0 bridgehead atoms. The number of likely N-dealkylation sites (tertiary alicyclic amines) is 1. The van der Waals surface area contributed by atoms with Gasteiger partial charge < -0.3 is 10.2 Å². The molecule has 2 N–H and O–H groups in total. The Kier molecular flexibility index (Phi) is 4.71. The summed E-state index contributed by atoms with van der Waals surface area (Å²) in [5, 5.41) is 10.6. The molecule has 8 heteroatoms. The second-order valence-electron chi connectivity index (χ2n) is 7.58. The van der Waals surface area contributed by atoms with Gasteiger partial charge in [-0.3, -0.25) is 14.7 Å². The lowest BCUT2D eigenvalue weighted by Gasteiger charge is -2.50. The second-order valence-corrected chi connectivity index (χ2v) is 8.52. The predicted octanol–water partition coefficient (Wildman–Crippen LogP) is 1.22. The maximum Gasteiger partial charge on any atom is 0.233 e. The van der Waals surface area contributed by atoms with Crippen molar-refractivity contribution in [3.63, 3.8) is 0 Å². The van der Waals surface area contributed by atoms with Crippen LogP contribution < -0.4 is 5.32 Å². The van der Waals surface area contributed by atoms with E-state index in [9.17, 15) is 9.59 Å². The van der Waals surface area contributed by atoms with Crippen LogP contribution in [0.2, 0.25) is 0 Å². The Hall–Kier alpha value is -1.57. The Bertz CT molecular complexity index is 659. The zero-order valence-electron chi connectivity index (χ0n) is 14.5. The van der Waals surface area contributed by atoms with Crippen molar-refractivity contribution in [3.8, 4) is 0 Å². The number of fused-ring (bicyclic) bond motifs is 1. The lowest BCUT2D eigenvalue weighted by atomic mass is 9.61. The molecule has 3 fully saturated rings. The van der Waals surface area contributed by atoms with E-state index in [4.69, 9.17) is 0 Å². The van der Waals surface area contributed by atoms with Crippen molar-refractivity contribution in [1.82, 2.24) is 25.4 Å². The Morgan fingerprint density at radius 2 is 2.20 bits per heavy atom. The normalized spacial score (nSPS) is 28.2. The number of hydrogen-bond acceptors (Lipinski definition) is 5. The molecule has 0 radical (unpaired) electrons. The first kappa shape index (κ1) is 16.9. The molecule has 2 heterocycles. The predicted molar refractivity (Wildman–Crippen MR) is 93.9 cm³/mol. The van der Waals surface area contributed by atoms with Crippen LogP contribution in [0.25, 0.3) is 0 Å². The summed E-state index contributed by atoms with van der Waals surface area (Å²) in [6.07, 6.45) is 4.52. The van der Waals surface area contributed by atoms with Gasteiger partial charge in [-0.25, -0.2) is 4.98 Å². The fraction of sp³-hybridized carbons (Fsp3) is 0.765. The highest BCUT2D eigenvalue weighted by molar-refractivity contribution is 7.99. The van der Waals surface area contributed by atoms with Crippen molar-refractivity contribution in [2.75, 3.05) is 25.4 Å². The van der Waals surface area contributed by atoms with Crippen LogP contribution in [-0.4, -0.2) is 57.3 Å². The second kappa shape index (κ2) is 6.97. The molecule has 3 atom stereocenters. The van der Waals surface area contributed by atoms with E-state index in [1.807, 2.05) is 11.8 Å². The van der Waals surface area contributed by atoms with E-state index in [-0.39, 0.29) is 17.7 Å². The molecular weight excluding hydrogens is 338 g/mol. The average molecular weight is 363 g/mol. The van der Waals surface area contributed by atoms with Crippen molar-refractivity contribution < 1.29 is 9.59 Å². The van der Waals surface area contributed by atoms with Gasteiger partial charge in [-0.05, 0) is 50.4 Å². The standard InChI is InChI=1S/C17H25N5O2S/c1-10-19-17(21-20-10)25-9-15(23)22-5-4-12-6-13(14(12)8-22)16(24)18-7-11-2-3-11/h11-14H,2-9H2,1H3,(H,18,24)(H,19,20,21)/t12-,13-,14-/m1/s1.